The number of carbonyl (C=O) groups is 2. The zero-order valence-electron chi connectivity index (χ0n) is 14.4. The molecule has 2 rings (SSSR count). The summed E-state index contributed by atoms with van der Waals surface area (Å²) >= 11 is 1.98. The Labute approximate surface area is 147 Å². The number of carbonyl (C=O) groups excluding carboxylic acids is 2. The van der Waals surface area contributed by atoms with Crippen LogP contribution in [0.1, 0.15) is 18.9 Å². The highest BCUT2D eigenvalue weighted by Gasteiger charge is 2.13. The van der Waals surface area contributed by atoms with Crippen molar-refractivity contribution in [1.82, 2.24) is 10.6 Å². The van der Waals surface area contributed by atoms with Crippen LogP contribution in [-0.4, -0.2) is 49.6 Å². The number of thioether (sulfide) groups is 1. The van der Waals surface area contributed by atoms with Crippen LogP contribution in [0.3, 0.4) is 0 Å². The van der Waals surface area contributed by atoms with Gasteiger partial charge in [0.2, 0.25) is 5.91 Å². The van der Waals surface area contributed by atoms with Gasteiger partial charge in [0, 0.05) is 42.5 Å². The van der Waals surface area contributed by atoms with E-state index >= 15 is 0 Å². The molecule has 132 valence electrons. The summed E-state index contributed by atoms with van der Waals surface area (Å²) in [6, 6.07) is 5.68. The zero-order chi connectivity index (χ0) is 17.4. The van der Waals surface area contributed by atoms with Crippen LogP contribution in [0.2, 0.25) is 0 Å². The number of hydrogen-bond donors (Lipinski definition) is 3. The molecule has 1 heterocycles. The molecular weight excluding hydrogens is 324 g/mol. The number of hydrogen-bond acceptors (Lipinski definition) is 4. The van der Waals surface area contributed by atoms with Crippen LogP contribution in [0.15, 0.2) is 18.2 Å². The Balaban J connectivity index is 1.85. The van der Waals surface area contributed by atoms with Crippen molar-refractivity contribution in [3.8, 4) is 0 Å². The van der Waals surface area contributed by atoms with E-state index in [1.807, 2.05) is 37.7 Å². The highest BCUT2D eigenvalue weighted by atomic mass is 32.2. The van der Waals surface area contributed by atoms with Crippen molar-refractivity contribution < 1.29 is 9.59 Å². The summed E-state index contributed by atoms with van der Waals surface area (Å²) in [5.74, 6) is 2.13. The molecule has 1 saturated heterocycles. The van der Waals surface area contributed by atoms with Crippen LogP contribution in [0, 0.1) is 6.92 Å². The Hall–Kier alpha value is -1.89. The molecule has 0 aliphatic carbocycles. The maximum Gasteiger partial charge on any atom is 0.319 e. The molecule has 0 unspecified atom stereocenters. The normalized spacial score (nSPS) is 14.2. The predicted octanol–water partition coefficient (Wildman–Crippen LogP) is 2.20. The molecule has 1 aromatic rings. The summed E-state index contributed by atoms with van der Waals surface area (Å²) in [5, 5.41) is 8.09. The molecular formula is C17H26N4O2S. The van der Waals surface area contributed by atoms with Crippen molar-refractivity contribution in [2.75, 3.05) is 47.9 Å². The van der Waals surface area contributed by atoms with Crippen LogP contribution in [0.25, 0.3) is 0 Å². The van der Waals surface area contributed by atoms with Gasteiger partial charge >= 0.3 is 6.03 Å². The molecule has 0 atom stereocenters. The van der Waals surface area contributed by atoms with Gasteiger partial charge in [-0.1, -0.05) is 6.92 Å². The minimum atomic E-state index is -0.369. The molecule has 1 aliphatic rings. The summed E-state index contributed by atoms with van der Waals surface area (Å²) in [7, 11) is 0. The van der Waals surface area contributed by atoms with Crippen LogP contribution < -0.4 is 20.9 Å². The van der Waals surface area contributed by atoms with Gasteiger partial charge in [-0.15, -0.1) is 0 Å². The third-order valence-corrected chi connectivity index (χ3v) is 4.76. The Morgan fingerprint density at radius 1 is 1.21 bits per heavy atom. The molecule has 0 aromatic heterocycles. The highest BCUT2D eigenvalue weighted by molar-refractivity contribution is 7.99. The molecule has 1 fully saturated rings. The lowest BCUT2D eigenvalue weighted by Gasteiger charge is -2.29. The maximum absolute atomic E-state index is 11.9. The molecule has 0 saturated carbocycles. The van der Waals surface area contributed by atoms with E-state index in [-0.39, 0.29) is 18.5 Å². The fourth-order valence-corrected chi connectivity index (χ4v) is 3.36. The van der Waals surface area contributed by atoms with Crippen LogP contribution in [-0.2, 0) is 4.79 Å². The molecule has 7 heteroatoms. The lowest BCUT2D eigenvalue weighted by Crippen LogP contribution is -2.39. The van der Waals surface area contributed by atoms with E-state index in [9.17, 15) is 9.59 Å². The monoisotopic (exact) mass is 350 g/mol. The second-order valence-electron chi connectivity index (χ2n) is 5.76. The largest absolute Gasteiger partial charge is 0.370 e. The van der Waals surface area contributed by atoms with Gasteiger partial charge in [-0.05, 0) is 37.1 Å². The first-order valence-corrected chi connectivity index (χ1v) is 9.50. The molecule has 0 radical (unpaired) electrons. The highest BCUT2D eigenvalue weighted by Crippen LogP contribution is 2.24. The van der Waals surface area contributed by atoms with E-state index in [1.165, 1.54) is 5.69 Å². The third-order valence-electron chi connectivity index (χ3n) is 3.82. The van der Waals surface area contributed by atoms with Gasteiger partial charge in [0.25, 0.3) is 0 Å². The molecule has 3 amide bonds. The first kappa shape index (κ1) is 18.4. The van der Waals surface area contributed by atoms with Gasteiger partial charge < -0.3 is 20.9 Å². The summed E-state index contributed by atoms with van der Waals surface area (Å²) in [5.41, 5.74) is 2.96. The van der Waals surface area contributed by atoms with E-state index < -0.39 is 0 Å². The molecule has 24 heavy (non-hydrogen) atoms. The van der Waals surface area contributed by atoms with E-state index in [1.54, 1.807) is 0 Å². The lowest BCUT2D eigenvalue weighted by molar-refractivity contribution is -0.120. The Kier molecular flexibility index (Phi) is 7.24. The van der Waals surface area contributed by atoms with E-state index in [2.05, 4.69) is 26.9 Å². The van der Waals surface area contributed by atoms with Crippen LogP contribution >= 0.6 is 11.8 Å². The number of anilines is 2. The van der Waals surface area contributed by atoms with E-state index in [4.69, 9.17) is 0 Å². The van der Waals surface area contributed by atoms with Gasteiger partial charge in [-0.2, -0.15) is 11.8 Å². The van der Waals surface area contributed by atoms with Crippen molar-refractivity contribution in [2.24, 2.45) is 0 Å². The molecule has 1 aromatic carbocycles. The van der Waals surface area contributed by atoms with Crippen molar-refractivity contribution in [3.63, 3.8) is 0 Å². The molecule has 3 N–H and O–H groups in total. The fourth-order valence-electron chi connectivity index (χ4n) is 2.46. The molecule has 1 aliphatic heterocycles. The number of nitrogens with one attached hydrogen (secondary N) is 3. The van der Waals surface area contributed by atoms with Crippen molar-refractivity contribution >= 4 is 35.1 Å². The number of rotatable bonds is 6. The third kappa shape index (κ3) is 5.63. The molecule has 0 spiro atoms. The number of urea groups is 1. The number of aryl methyl sites for hydroxylation is 1. The Morgan fingerprint density at radius 3 is 2.62 bits per heavy atom. The smallest absolute Gasteiger partial charge is 0.319 e. The minimum absolute atomic E-state index is 0.0194. The minimum Gasteiger partial charge on any atom is -0.370 e. The van der Waals surface area contributed by atoms with Crippen molar-refractivity contribution in [2.45, 2.75) is 20.3 Å². The van der Waals surface area contributed by atoms with Gasteiger partial charge in [-0.25, -0.2) is 4.79 Å². The summed E-state index contributed by atoms with van der Waals surface area (Å²) in [6.45, 7) is 6.68. The predicted molar refractivity (Wildman–Crippen MR) is 101 cm³/mol. The fraction of sp³-hybridized carbons (Fsp3) is 0.529. The van der Waals surface area contributed by atoms with Gasteiger partial charge in [0.05, 0.1) is 6.54 Å². The number of nitrogens with zero attached hydrogens (tertiary/aromatic N) is 1. The summed E-state index contributed by atoms with van der Waals surface area (Å²) in [6.07, 6.45) is 0.874. The Morgan fingerprint density at radius 2 is 1.96 bits per heavy atom. The second-order valence-corrected chi connectivity index (χ2v) is 6.98. The summed E-state index contributed by atoms with van der Waals surface area (Å²) in [4.78, 5) is 25.8. The average Bonchev–Trinajstić information content (AvgIpc) is 2.60. The SMILES string of the molecule is CCCNC(=O)CNC(=O)Nc1ccc(N2CCSCC2)cc1C. The quantitative estimate of drug-likeness (QED) is 0.735. The second kappa shape index (κ2) is 9.42. The van der Waals surface area contributed by atoms with Gasteiger partial charge in [-0.3, -0.25) is 4.79 Å². The van der Waals surface area contributed by atoms with Crippen molar-refractivity contribution in [1.29, 1.82) is 0 Å². The van der Waals surface area contributed by atoms with E-state index in [0.29, 0.717) is 6.54 Å². The summed E-state index contributed by atoms with van der Waals surface area (Å²) < 4.78 is 0. The first-order valence-electron chi connectivity index (χ1n) is 8.35. The van der Waals surface area contributed by atoms with Crippen LogP contribution in [0.5, 0.6) is 0 Å². The van der Waals surface area contributed by atoms with Crippen molar-refractivity contribution in [3.05, 3.63) is 23.8 Å². The molecule has 6 nitrogen and oxygen atoms in total. The van der Waals surface area contributed by atoms with Gasteiger partial charge in [0.15, 0.2) is 0 Å². The maximum atomic E-state index is 11.9. The standard InChI is InChI=1S/C17H26N4O2S/c1-3-6-18-16(22)12-19-17(23)20-15-5-4-14(11-13(15)2)21-7-9-24-10-8-21/h4-5,11H,3,6-10,12H2,1-2H3,(H,18,22)(H2,19,20,23). The number of amides is 3. The van der Waals surface area contributed by atoms with Crippen LogP contribution in [0.4, 0.5) is 16.2 Å². The zero-order valence-corrected chi connectivity index (χ0v) is 15.2. The topological polar surface area (TPSA) is 73.5 Å². The number of benzene rings is 1. The Bertz CT molecular complexity index is 574. The average molecular weight is 350 g/mol. The lowest BCUT2D eigenvalue weighted by atomic mass is 10.1. The first-order chi connectivity index (χ1) is 11.6. The van der Waals surface area contributed by atoms with Gasteiger partial charge in [0.1, 0.15) is 0 Å². The molecule has 0 bridgehead atoms. The van der Waals surface area contributed by atoms with E-state index in [0.717, 1.165) is 42.3 Å².